The van der Waals surface area contributed by atoms with Crippen molar-refractivity contribution in [1.29, 1.82) is 0 Å². The highest BCUT2D eigenvalue weighted by Gasteiger charge is 2.14. The summed E-state index contributed by atoms with van der Waals surface area (Å²) in [6.45, 7) is 2.10. The van der Waals surface area contributed by atoms with Crippen LogP contribution >= 0.6 is 23.6 Å². The number of ether oxygens (including phenoxy) is 3. The van der Waals surface area contributed by atoms with Crippen molar-refractivity contribution in [3.05, 3.63) is 34.5 Å². The third-order valence-corrected chi connectivity index (χ3v) is 4.51. The average Bonchev–Trinajstić information content (AvgIpc) is 3.06. The summed E-state index contributed by atoms with van der Waals surface area (Å²) in [6.07, 6.45) is 0.925. The van der Waals surface area contributed by atoms with Gasteiger partial charge in [-0.1, -0.05) is 6.07 Å². The van der Waals surface area contributed by atoms with E-state index in [0.29, 0.717) is 22.4 Å². The molecule has 0 aliphatic heterocycles. The van der Waals surface area contributed by atoms with Gasteiger partial charge in [0, 0.05) is 35.2 Å². The van der Waals surface area contributed by atoms with Crippen molar-refractivity contribution in [2.45, 2.75) is 19.4 Å². The number of anilines is 1. The van der Waals surface area contributed by atoms with Crippen LogP contribution in [-0.2, 0) is 6.42 Å². The van der Waals surface area contributed by atoms with Gasteiger partial charge in [0.05, 0.1) is 21.3 Å². The summed E-state index contributed by atoms with van der Waals surface area (Å²) >= 11 is 7.14. The Bertz CT molecular complexity index is 649. The molecule has 7 heteroatoms. The monoisotopic (exact) mass is 366 g/mol. The summed E-state index contributed by atoms with van der Waals surface area (Å²) < 4.78 is 16.0. The molecule has 0 radical (unpaired) electrons. The molecule has 0 saturated heterocycles. The van der Waals surface area contributed by atoms with Crippen molar-refractivity contribution in [2.24, 2.45) is 0 Å². The molecular weight excluding hydrogens is 344 g/mol. The van der Waals surface area contributed by atoms with Crippen LogP contribution < -0.4 is 24.8 Å². The Labute approximate surface area is 151 Å². The molecule has 1 atom stereocenters. The Hall–Kier alpha value is -1.99. The molecule has 130 valence electrons. The lowest BCUT2D eigenvalue weighted by Crippen LogP contribution is -2.37. The molecule has 0 bridgehead atoms. The van der Waals surface area contributed by atoms with Crippen LogP contribution in [-0.4, -0.2) is 32.5 Å². The zero-order valence-electron chi connectivity index (χ0n) is 14.2. The first-order valence-electron chi connectivity index (χ1n) is 7.47. The molecule has 5 nitrogen and oxygen atoms in total. The SMILES string of the molecule is COc1cc(NC(=S)N[C@H](C)Cc2cccs2)cc(OC)c1OC. The number of rotatable bonds is 7. The van der Waals surface area contributed by atoms with E-state index < -0.39 is 0 Å². The summed E-state index contributed by atoms with van der Waals surface area (Å²) in [4.78, 5) is 1.32. The van der Waals surface area contributed by atoms with E-state index in [4.69, 9.17) is 26.4 Å². The Morgan fingerprint density at radius 2 is 1.83 bits per heavy atom. The maximum atomic E-state index is 5.40. The molecule has 1 aromatic carbocycles. The molecule has 1 aromatic heterocycles. The van der Waals surface area contributed by atoms with Crippen molar-refractivity contribution < 1.29 is 14.2 Å². The normalized spacial score (nSPS) is 11.5. The van der Waals surface area contributed by atoms with Crippen LogP contribution in [0.2, 0.25) is 0 Å². The van der Waals surface area contributed by atoms with E-state index in [0.717, 1.165) is 12.1 Å². The van der Waals surface area contributed by atoms with Crippen molar-refractivity contribution in [1.82, 2.24) is 5.32 Å². The van der Waals surface area contributed by atoms with E-state index in [1.54, 1.807) is 32.7 Å². The van der Waals surface area contributed by atoms with E-state index in [-0.39, 0.29) is 6.04 Å². The predicted molar refractivity (Wildman–Crippen MR) is 103 cm³/mol. The fraction of sp³-hybridized carbons (Fsp3) is 0.353. The number of thiocarbonyl (C=S) groups is 1. The standard InChI is InChI=1S/C17H22N2O3S2/c1-11(8-13-6-5-7-24-13)18-17(23)19-12-9-14(20-2)16(22-4)15(10-12)21-3/h5-7,9-11H,8H2,1-4H3,(H2,18,19,23)/t11-/m1/s1. The van der Waals surface area contributed by atoms with Gasteiger partial charge in [-0.2, -0.15) is 0 Å². The largest absolute Gasteiger partial charge is 0.493 e. The van der Waals surface area contributed by atoms with Crippen LogP contribution in [0.25, 0.3) is 0 Å². The molecule has 0 aliphatic carbocycles. The first-order valence-corrected chi connectivity index (χ1v) is 8.76. The number of methoxy groups -OCH3 is 3. The molecule has 0 unspecified atom stereocenters. The van der Waals surface area contributed by atoms with Gasteiger partial charge in [-0.25, -0.2) is 0 Å². The van der Waals surface area contributed by atoms with Gasteiger partial charge in [-0.15, -0.1) is 11.3 Å². The Kier molecular flexibility index (Phi) is 6.69. The summed E-state index contributed by atoms with van der Waals surface area (Å²) in [7, 11) is 4.74. The highest BCUT2D eigenvalue weighted by Crippen LogP contribution is 2.39. The van der Waals surface area contributed by atoms with Gasteiger partial charge in [-0.05, 0) is 30.6 Å². The fourth-order valence-electron chi connectivity index (χ4n) is 2.33. The van der Waals surface area contributed by atoms with E-state index in [9.17, 15) is 0 Å². The third-order valence-electron chi connectivity index (χ3n) is 3.39. The smallest absolute Gasteiger partial charge is 0.203 e. The zero-order valence-corrected chi connectivity index (χ0v) is 15.8. The number of hydrogen-bond acceptors (Lipinski definition) is 5. The van der Waals surface area contributed by atoms with Crippen molar-refractivity contribution >= 4 is 34.4 Å². The molecule has 0 amide bonds. The van der Waals surface area contributed by atoms with E-state index >= 15 is 0 Å². The molecule has 2 aromatic rings. The van der Waals surface area contributed by atoms with Gasteiger partial charge < -0.3 is 24.8 Å². The van der Waals surface area contributed by atoms with Crippen LogP contribution in [0.5, 0.6) is 17.2 Å². The Morgan fingerprint density at radius 3 is 2.33 bits per heavy atom. The lowest BCUT2D eigenvalue weighted by atomic mass is 10.2. The molecule has 2 N–H and O–H groups in total. The van der Waals surface area contributed by atoms with Crippen LogP contribution in [0.3, 0.4) is 0 Å². The van der Waals surface area contributed by atoms with Gasteiger partial charge >= 0.3 is 0 Å². The molecular formula is C17H22N2O3S2. The molecule has 1 heterocycles. The third kappa shape index (κ3) is 4.75. The highest BCUT2D eigenvalue weighted by atomic mass is 32.1. The maximum Gasteiger partial charge on any atom is 0.203 e. The minimum absolute atomic E-state index is 0.227. The number of benzene rings is 1. The number of hydrogen-bond donors (Lipinski definition) is 2. The van der Waals surface area contributed by atoms with E-state index in [2.05, 4.69) is 35.1 Å². The molecule has 0 spiro atoms. The second kappa shape index (κ2) is 8.75. The summed E-state index contributed by atoms with van der Waals surface area (Å²) in [6, 6.07) is 8.04. The van der Waals surface area contributed by atoms with Gasteiger partial charge in [0.15, 0.2) is 16.6 Å². The van der Waals surface area contributed by atoms with Crippen molar-refractivity contribution in [2.75, 3.05) is 26.6 Å². The predicted octanol–water partition coefficient (Wildman–Crippen LogP) is 3.69. The lowest BCUT2D eigenvalue weighted by molar-refractivity contribution is 0.324. The average molecular weight is 367 g/mol. The molecule has 0 aliphatic rings. The first-order chi connectivity index (χ1) is 11.6. The molecule has 24 heavy (non-hydrogen) atoms. The van der Waals surface area contributed by atoms with Crippen LogP contribution in [0.4, 0.5) is 5.69 Å². The van der Waals surface area contributed by atoms with Crippen LogP contribution in [0.15, 0.2) is 29.6 Å². The second-order valence-electron chi connectivity index (χ2n) is 5.20. The quantitative estimate of drug-likeness (QED) is 0.729. The molecule has 0 fully saturated rings. The van der Waals surface area contributed by atoms with Gasteiger partial charge in [0.2, 0.25) is 5.75 Å². The van der Waals surface area contributed by atoms with E-state index in [1.165, 1.54) is 4.88 Å². The zero-order chi connectivity index (χ0) is 17.5. The Morgan fingerprint density at radius 1 is 1.17 bits per heavy atom. The first kappa shape index (κ1) is 18.4. The fourth-order valence-corrected chi connectivity index (χ4v) is 3.48. The van der Waals surface area contributed by atoms with Gasteiger partial charge in [0.1, 0.15) is 0 Å². The number of nitrogens with one attached hydrogen (secondary N) is 2. The van der Waals surface area contributed by atoms with Crippen molar-refractivity contribution in [3.8, 4) is 17.2 Å². The van der Waals surface area contributed by atoms with Crippen LogP contribution in [0.1, 0.15) is 11.8 Å². The minimum Gasteiger partial charge on any atom is -0.493 e. The van der Waals surface area contributed by atoms with Gasteiger partial charge in [0.25, 0.3) is 0 Å². The molecule has 2 rings (SSSR count). The van der Waals surface area contributed by atoms with Crippen LogP contribution in [0, 0.1) is 0 Å². The van der Waals surface area contributed by atoms with E-state index in [1.807, 2.05) is 12.1 Å². The topological polar surface area (TPSA) is 51.8 Å². The maximum absolute atomic E-state index is 5.40. The number of thiophene rings is 1. The minimum atomic E-state index is 0.227. The Balaban J connectivity index is 2.02. The van der Waals surface area contributed by atoms with Crippen molar-refractivity contribution in [3.63, 3.8) is 0 Å². The van der Waals surface area contributed by atoms with Gasteiger partial charge in [-0.3, -0.25) is 0 Å². The summed E-state index contributed by atoms with van der Waals surface area (Å²) in [5.41, 5.74) is 0.769. The highest BCUT2D eigenvalue weighted by molar-refractivity contribution is 7.80. The molecule has 0 saturated carbocycles. The summed E-state index contributed by atoms with van der Waals surface area (Å²) in [5, 5.41) is 9.07. The summed E-state index contributed by atoms with van der Waals surface area (Å²) in [5.74, 6) is 1.71. The lowest BCUT2D eigenvalue weighted by Gasteiger charge is -2.18. The second-order valence-corrected chi connectivity index (χ2v) is 6.64.